The first-order chi connectivity index (χ1) is 11.2. The zero-order valence-electron chi connectivity index (χ0n) is 13.6. The Labute approximate surface area is 137 Å². The van der Waals surface area contributed by atoms with E-state index in [-0.39, 0.29) is 12.5 Å². The summed E-state index contributed by atoms with van der Waals surface area (Å²) in [4.78, 5) is 25.0. The third-order valence-corrected chi connectivity index (χ3v) is 4.30. The molecule has 0 saturated carbocycles. The Hall–Kier alpha value is -2.04. The van der Waals surface area contributed by atoms with E-state index in [9.17, 15) is 9.59 Å². The lowest BCUT2D eigenvalue weighted by Crippen LogP contribution is -2.41. The molecule has 0 unspecified atom stereocenters. The Morgan fingerprint density at radius 2 is 1.61 bits per heavy atom. The Kier molecular flexibility index (Phi) is 6.91. The zero-order valence-corrected chi connectivity index (χ0v) is 13.6. The topological polar surface area (TPSA) is 69.6 Å². The molecule has 5 nitrogen and oxygen atoms in total. The molecular formula is C18H26N2O3. The van der Waals surface area contributed by atoms with E-state index >= 15 is 0 Å². The molecule has 0 aliphatic carbocycles. The van der Waals surface area contributed by atoms with Crippen LogP contribution in [0, 0.1) is 0 Å². The van der Waals surface area contributed by atoms with Crippen molar-refractivity contribution in [3.63, 3.8) is 0 Å². The van der Waals surface area contributed by atoms with Crippen molar-refractivity contribution >= 4 is 12.0 Å². The van der Waals surface area contributed by atoms with Gasteiger partial charge in [0.05, 0.1) is 0 Å². The lowest BCUT2D eigenvalue weighted by atomic mass is 10.0. The van der Waals surface area contributed by atoms with Crippen molar-refractivity contribution in [2.45, 2.75) is 51.5 Å². The second-order valence-electron chi connectivity index (χ2n) is 6.08. The van der Waals surface area contributed by atoms with Gasteiger partial charge in [0.2, 0.25) is 0 Å². The minimum absolute atomic E-state index is 0.0139. The fraction of sp³-hybridized carbons (Fsp3) is 0.556. The average molecular weight is 318 g/mol. The third kappa shape index (κ3) is 5.93. The van der Waals surface area contributed by atoms with E-state index < -0.39 is 5.97 Å². The smallest absolute Gasteiger partial charge is 0.317 e. The van der Waals surface area contributed by atoms with Gasteiger partial charge in [0, 0.05) is 26.1 Å². The maximum Gasteiger partial charge on any atom is 0.317 e. The van der Waals surface area contributed by atoms with Crippen LogP contribution in [0.1, 0.15) is 49.7 Å². The first kappa shape index (κ1) is 17.3. The number of carbonyl (C=O) groups excluding carboxylic acids is 1. The normalized spacial score (nSPS) is 15.6. The second-order valence-corrected chi connectivity index (χ2v) is 6.08. The van der Waals surface area contributed by atoms with Crippen LogP contribution in [-0.2, 0) is 17.8 Å². The van der Waals surface area contributed by atoms with Gasteiger partial charge in [0.1, 0.15) is 0 Å². The van der Waals surface area contributed by atoms with Gasteiger partial charge in [-0.25, -0.2) is 4.79 Å². The van der Waals surface area contributed by atoms with Gasteiger partial charge >= 0.3 is 12.0 Å². The van der Waals surface area contributed by atoms with Gasteiger partial charge in [-0.2, -0.15) is 0 Å². The monoisotopic (exact) mass is 318 g/mol. The average Bonchev–Trinajstić information content (AvgIpc) is 2.51. The molecule has 1 heterocycles. The summed E-state index contributed by atoms with van der Waals surface area (Å²) in [6, 6.07) is 7.69. The van der Waals surface area contributed by atoms with E-state index in [1.54, 1.807) is 0 Å². The first-order valence-corrected chi connectivity index (χ1v) is 8.48. The van der Waals surface area contributed by atoms with Crippen LogP contribution in [0.2, 0.25) is 0 Å². The molecule has 0 spiro atoms. The van der Waals surface area contributed by atoms with E-state index in [1.807, 2.05) is 29.2 Å². The van der Waals surface area contributed by atoms with Crippen molar-refractivity contribution in [3.05, 3.63) is 35.4 Å². The summed E-state index contributed by atoms with van der Waals surface area (Å²) in [7, 11) is 0. The highest BCUT2D eigenvalue weighted by atomic mass is 16.4. The molecule has 1 aliphatic heterocycles. The summed E-state index contributed by atoms with van der Waals surface area (Å²) in [5.74, 6) is -0.801. The number of benzene rings is 1. The quantitative estimate of drug-likeness (QED) is 0.876. The lowest BCUT2D eigenvalue weighted by Gasteiger charge is -2.25. The molecule has 0 bridgehead atoms. The zero-order chi connectivity index (χ0) is 16.5. The summed E-state index contributed by atoms with van der Waals surface area (Å²) in [6.07, 6.45) is 6.41. The van der Waals surface area contributed by atoms with Crippen molar-refractivity contribution in [1.82, 2.24) is 10.2 Å². The van der Waals surface area contributed by atoms with Crippen LogP contribution in [0.5, 0.6) is 0 Å². The molecule has 0 atom stereocenters. The second kappa shape index (κ2) is 9.18. The summed E-state index contributed by atoms with van der Waals surface area (Å²) in [5.41, 5.74) is 1.98. The molecule has 1 aromatic carbocycles. The minimum Gasteiger partial charge on any atom is -0.481 e. The number of rotatable bonds is 5. The maximum atomic E-state index is 12.3. The molecular weight excluding hydrogens is 292 g/mol. The van der Waals surface area contributed by atoms with Gasteiger partial charge in [0.15, 0.2) is 0 Å². The molecule has 2 rings (SSSR count). The lowest BCUT2D eigenvalue weighted by molar-refractivity contribution is -0.136. The van der Waals surface area contributed by atoms with Crippen LogP contribution in [0.4, 0.5) is 4.79 Å². The highest BCUT2D eigenvalue weighted by Crippen LogP contribution is 2.13. The molecule has 2 N–H and O–H groups in total. The molecule has 126 valence electrons. The van der Waals surface area contributed by atoms with E-state index in [1.165, 1.54) is 19.3 Å². The van der Waals surface area contributed by atoms with Crippen LogP contribution < -0.4 is 5.32 Å². The molecule has 1 saturated heterocycles. The number of nitrogens with one attached hydrogen (secondary N) is 1. The van der Waals surface area contributed by atoms with E-state index in [2.05, 4.69) is 5.32 Å². The number of urea groups is 1. The van der Waals surface area contributed by atoms with Crippen molar-refractivity contribution in [1.29, 1.82) is 0 Å². The number of carboxylic acids is 1. The van der Waals surface area contributed by atoms with Crippen LogP contribution in [-0.4, -0.2) is 35.1 Å². The van der Waals surface area contributed by atoms with Gasteiger partial charge in [0.25, 0.3) is 0 Å². The van der Waals surface area contributed by atoms with Crippen molar-refractivity contribution in [2.75, 3.05) is 13.1 Å². The Morgan fingerprint density at radius 1 is 1.00 bits per heavy atom. The Morgan fingerprint density at radius 3 is 2.26 bits per heavy atom. The summed E-state index contributed by atoms with van der Waals surface area (Å²) in [5, 5.41) is 11.8. The Balaban J connectivity index is 1.89. The fourth-order valence-electron chi connectivity index (χ4n) is 2.95. The molecule has 2 amide bonds. The molecule has 1 aromatic rings. The van der Waals surface area contributed by atoms with Crippen LogP contribution in [0.25, 0.3) is 0 Å². The predicted octanol–water partition coefficient (Wildman–Crippen LogP) is 3.18. The summed E-state index contributed by atoms with van der Waals surface area (Å²) in [6.45, 7) is 2.10. The molecule has 1 fully saturated rings. The number of amides is 2. The largest absolute Gasteiger partial charge is 0.481 e. The van der Waals surface area contributed by atoms with Gasteiger partial charge < -0.3 is 15.3 Å². The van der Waals surface area contributed by atoms with Crippen molar-refractivity contribution < 1.29 is 14.7 Å². The standard InChI is InChI=1S/C18H26N2O3/c21-17(22)11-10-15-8-4-5-9-16(15)14-19-18(23)20-12-6-2-1-3-7-13-20/h4-5,8-9H,1-3,6-7,10-14H2,(H,19,23)(H,21,22). The third-order valence-electron chi connectivity index (χ3n) is 4.30. The first-order valence-electron chi connectivity index (χ1n) is 8.48. The Bertz CT molecular complexity index is 523. The van der Waals surface area contributed by atoms with Crippen LogP contribution >= 0.6 is 0 Å². The highest BCUT2D eigenvalue weighted by Gasteiger charge is 2.14. The number of likely N-dealkylation sites (tertiary alicyclic amines) is 1. The van der Waals surface area contributed by atoms with Gasteiger partial charge in [-0.05, 0) is 30.4 Å². The molecule has 23 heavy (non-hydrogen) atoms. The van der Waals surface area contributed by atoms with E-state index in [4.69, 9.17) is 5.11 Å². The number of carboxylic acid groups (broad SMARTS) is 1. The number of nitrogens with zero attached hydrogens (tertiary/aromatic N) is 1. The molecule has 1 aliphatic rings. The van der Waals surface area contributed by atoms with E-state index in [0.717, 1.165) is 37.1 Å². The number of hydrogen-bond acceptors (Lipinski definition) is 2. The summed E-state index contributed by atoms with van der Waals surface area (Å²) < 4.78 is 0. The van der Waals surface area contributed by atoms with Gasteiger partial charge in [-0.3, -0.25) is 4.79 Å². The van der Waals surface area contributed by atoms with Crippen LogP contribution in [0.3, 0.4) is 0 Å². The maximum absolute atomic E-state index is 12.3. The molecule has 0 radical (unpaired) electrons. The van der Waals surface area contributed by atoms with E-state index in [0.29, 0.717) is 13.0 Å². The predicted molar refractivity (Wildman–Crippen MR) is 89.3 cm³/mol. The highest BCUT2D eigenvalue weighted by molar-refractivity contribution is 5.74. The minimum atomic E-state index is -0.801. The van der Waals surface area contributed by atoms with Gasteiger partial charge in [-0.1, -0.05) is 43.5 Å². The number of aryl methyl sites for hydroxylation is 1. The van der Waals surface area contributed by atoms with Crippen LogP contribution in [0.15, 0.2) is 24.3 Å². The number of hydrogen-bond donors (Lipinski definition) is 2. The fourth-order valence-corrected chi connectivity index (χ4v) is 2.95. The van der Waals surface area contributed by atoms with Gasteiger partial charge in [-0.15, -0.1) is 0 Å². The number of aliphatic carboxylic acids is 1. The van der Waals surface area contributed by atoms with Crippen molar-refractivity contribution in [3.8, 4) is 0 Å². The molecule has 5 heteroatoms. The molecule has 0 aromatic heterocycles. The SMILES string of the molecule is O=C(O)CCc1ccccc1CNC(=O)N1CCCCCCC1. The van der Waals surface area contributed by atoms with Crippen molar-refractivity contribution in [2.24, 2.45) is 0 Å². The number of carbonyl (C=O) groups is 2. The summed E-state index contributed by atoms with van der Waals surface area (Å²) >= 11 is 0.